The molecule has 3 aromatic rings. The van der Waals surface area contributed by atoms with Gasteiger partial charge in [0.2, 0.25) is 11.8 Å². The van der Waals surface area contributed by atoms with Crippen LogP contribution >= 0.6 is 11.8 Å². The number of halogens is 1. The Hall–Kier alpha value is -3.12. The summed E-state index contributed by atoms with van der Waals surface area (Å²) in [5, 5.41) is 3.19. The lowest BCUT2D eigenvalue weighted by Crippen LogP contribution is -2.52. The Morgan fingerprint density at radius 1 is 0.973 bits per heavy atom. The van der Waals surface area contributed by atoms with Crippen molar-refractivity contribution in [2.24, 2.45) is 0 Å². The van der Waals surface area contributed by atoms with Crippen LogP contribution in [0, 0.1) is 12.7 Å². The summed E-state index contributed by atoms with van der Waals surface area (Å²) in [5.41, 5.74) is 2.57. The van der Waals surface area contributed by atoms with Crippen LogP contribution in [0.1, 0.15) is 48.8 Å². The average molecular weight is 519 g/mol. The van der Waals surface area contributed by atoms with Gasteiger partial charge in [-0.05, 0) is 43.5 Å². The van der Waals surface area contributed by atoms with Crippen molar-refractivity contribution in [2.45, 2.75) is 69.0 Å². The molecule has 0 aromatic heterocycles. The summed E-state index contributed by atoms with van der Waals surface area (Å²) in [6, 6.07) is 23.8. The summed E-state index contributed by atoms with van der Waals surface area (Å²) >= 11 is 1.61. The second-order valence-electron chi connectivity index (χ2n) is 9.72. The largest absolute Gasteiger partial charge is 0.352 e. The van der Waals surface area contributed by atoms with Crippen molar-refractivity contribution in [3.05, 3.63) is 101 Å². The molecule has 2 amide bonds. The fourth-order valence-electron chi connectivity index (χ4n) is 4.77. The van der Waals surface area contributed by atoms with Crippen molar-refractivity contribution in [3.63, 3.8) is 0 Å². The molecule has 4 nitrogen and oxygen atoms in total. The van der Waals surface area contributed by atoms with Gasteiger partial charge in [-0.1, -0.05) is 79.1 Å². The molecule has 1 atom stereocenters. The molecule has 6 heteroatoms. The van der Waals surface area contributed by atoms with Crippen molar-refractivity contribution < 1.29 is 14.0 Å². The van der Waals surface area contributed by atoms with Gasteiger partial charge in [0.1, 0.15) is 11.9 Å². The van der Waals surface area contributed by atoms with E-state index >= 15 is 0 Å². The molecule has 1 saturated carbocycles. The first-order chi connectivity index (χ1) is 18.0. The minimum Gasteiger partial charge on any atom is -0.352 e. The number of nitrogens with one attached hydrogen (secondary N) is 1. The van der Waals surface area contributed by atoms with Gasteiger partial charge in [-0.2, -0.15) is 0 Å². The normalized spacial score (nSPS) is 14.3. The van der Waals surface area contributed by atoms with E-state index in [2.05, 4.69) is 29.6 Å². The molecule has 0 radical (unpaired) electrons. The molecule has 0 saturated heterocycles. The Labute approximate surface area is 223 Å². The Kier molecular flexibility index (Phi) is 9.78. The molecule has 4 rings (SSSR count). The van der Waals surface area contributed by atoms with Crippen LogP contribution in [0.2, 0.25) is 0 Å². The second kappa shape index (κ2) is 13.4. The van der Waals surface area contributed by atoms with Gasteiger partial charge in [0.25, 0.3) is 0 Å². The molecule has 3 aromatic carbocycles. The van der Waals surface area contributed by atoms with Crippen LogP contribution in [0.15, 0.2) is 83.8 Å². The highest BCUT2D eigenvalue weighted by Crippen LogP contribution is 2.23. The summed E-state index contributed by atoms with van der Waals surface area (Å²) in [5.74, 6) is -0.0983. The van der Waals surface area contributed by atoms with Gasteiger partial charge >= 0.3 is 0 Å². The van der Waals surface area contributed by atoms with Crippen LogP contribution in [-0.2, 0) is 22.6 Å². The third-order valence-corrected chi connectivity index (χ3v) is 7.89. The molecule has 1 fully saturated rings. The summed E-state index contributed by atoms with van der Waals surface area (Å²) in [6.07, 6.45) is 4.75. The molecule has 0 spiro atoms. The van der Waals surface area contributed by atoms with Crippen LogP contribution < -0.4 is 5.32 Å². The molecule has 1 N–H and O–H groups in total. The number of carbonyl (C=O) groups is 2. The van der Waals surface area contributed by atoms with Crippen LogP contribution in [0.4, 0.5) is 4.39 Å². The topological polar surface area (TPSA) is 49.4 Å². The number of hydrogen-bond acceptors (Lipinski definition) is 3. The number of hydrogen-bond donors (Lipinski definition) is 1. The highest BCUT2D eigenvalue weighted by atomic mass is 32.2. The van der Waals surface area contributed by atoms with E-state index in [9.17, 15) is 14.0 Å². The predicted octanol–water partition coefficient (Wildman–Crippen LogP) is 6.32. The molecule has 1 aliphatic carbocycles. The molecule has 1 unspecified atom stereocenters. The van der Waals surface area contributed by atoms with Gasteiger partial charge in [-0.25, -0.2) is 4.39 Å². The molecule has 1 aliphatic rings. The molecule has 37 heavy (non-hydrogen) atoms. The summed E-state index contributed by atoms with van der Waals surface area (Å²) < 4.78 is 14.7. The van der Waals surface area contributed by atoms with Gasteiger partial charge in [0.15, 0.2) is 0 Å². The van der Waals surface area contributed by atoms with E-state index in [4.69, 9.17) is 0 Å². The number of rotatable bonds is 11. The van der Waals surface area contributed by atoms with E-state index < -0.39 is 6.04 Å². The van der Waals surface area contributed by atoms with E-state index in [1.54, 1.807) is 34.9 Å². The summed E-state index contributed by atoms with van der Waals surface area (Å²) in [4.78, 5) is 30.0. The Morgan fingerprint density at radius 3 is 2.35 bits per heavy atom. The van der Waals surface area contributed by atoms with Crippen molar-refractivity contribution in [1.82, 2.24) is 10.2 Å². The van der Waals surface area contributed by atoms with Crippen LogP contribution in [0.3, 0.4) is 0 Å². The van der Waals surface area contributed by atoms with E-state index in [1.165, 1.54) is 11.6 Å². The zero-order valence-corrected chi connectivity index (χ0v) is 22.2. The minimum absolute atomic E-state index is 0.0519. The molecular weight excluding hydrogens is 483 g/mol. The predicted molar refractivity (Wildman–Crippen MR) is 148 cm³/mol. The Bertz CT molecular complexity index is 1160. The average Bonchev–Trinajstić information content (AvgIpc) is 3.42. The lowest BCUT2D eigenvalue weighted by Gasteiger charge is -2.32. The number of thioether (sulfide) groups is 1. The first kappa shape index (κ1) is 26.9. The first-order valence-corrected chi connectivity index (χ1v) is 14.0. The lowest BCUT2D eigenvalue weighted by atomic mass is 10.0. The summed E-state index contributed by atoms with van der Waals surface area (Å²) in [6.45, 7) is 2.10. The van der Waals surface area contributed by atoms with Gasteiger partial charge in [-0.3, -0.25) is 9.59 Å². The number of benzene rings is 3. The third kappa shape index (κ3) is 7.93. The SMILES string of the molecule is Cc1ccc(SCCC(=O)N(Cc2ccccc2F)C(Cc2ccccc2)C(=O)NC2CCCC2)cc1. The Balaban J connectivity index is 1.56. The third-order valence-electron chi connectivity index (χ3n) is 6.88. The maximum Gasteiger partial charge on any atom is 0.243 e. The fourth-order valence-corrected chi connectivity index (χ4v) is 5.61. The van der Waals surface area contributed by atoms with Gasteiger partial charge in [0, 0.05) is 41.6 Å². The van der Waals surface area contributed by atoms with Gasteiger partial charge < -0.3 is 10.2 Å². The molecule has 0 heterocycles. The van der Waals surface area contributed by atoms with Crippen molar-refractivity contribution >= 4 is 23.6 Å². The number of nitrogens with zero attached hydrogens (tertiary/aromatic N) is 1. The lowest BCUT2D eigenvalue weighted by molar-refractivity contribution is -0.141. The zero-order valence-electron chi connectivity index (χ0n) is 21.4. The molecule has 0 bridgehead atoms. The van der Waals surface area contributed by atoms with E-state index in [-0.39, 0.29) is 36.6 Å². The maximum absolute atomic E-state index is 14.7. The quantitative estimate of drug-likeness (QED) is 0.303. The molecular formula is C31H35FN2O2S. The fraction of sp³-hybridized carbons (Fsp3) is 0.355. The molecule has 0 aliphatic heterocycles. The standard InChI is InChI=1S/C31H35FN2O2S/c1-23-15-17-27(18-16-23)37-20-19-30(35)34(22-25-11-5-8-14-28(25)32)29(21-24-9-3-2-4-10-24)31(36)33-26-12-6-7-13-26/h2-5,8-11,14-18,26,29H,6-7,12-13,19-22H2,1H3,(H,33,36). The van der Waals surface area contributed by atoms with Crippen LogP contribution in [0.5, 0.6) is 0 Å². The first-order valence-electron chi connectivity index (χ1n) is 13.1. The highest BCUT2D eigenvalue weighted by Gasteiger charge is 2.32. The highest BCUT2D eigenvalue weighted by molar-refractivity contribution is 7.99. The van der Waals surface area contributed by atoms with Gasteiger partial charge in [0.05, 0.1) is 0 Å². The Morgan fingerprint density at radius 2 is 1.65 bits per heavy atom. The monoisotopic (exact) mass is 518 g/mol. The zero-order chi connectivity index (χ0) is 26.0. The number of carbonyl (C=O) groups excluding carboxylic acids is 2. The minimum atomic E-state index is -0.723. The van der Waals surface area contributed by atoms with Crippen LogP contribution in [0.25, 0.3) is 0 Å². The van der Waals surface area contributed by atoms with Crippen LogP contribution in [-0.4, -0.2) is 34.6 Å². The second-order valence-corrected chi connectivity index (χ2v) is 10.9. The van der Waals surface area contributed by atoms with Crippen molar-refractivity contribution in [1.29, 1.82) is 0 Å². The van der Waals surface area contributed by atoms with E-state index in [0.29, 0.717) is 17.7 Å². The van der Waals surface area contributed by atoms with E-state index in [0.717, 1.165) is 36.1 Å². The molecule has 194 valence electrons. The number of amides is 2. The van der Waals surface area contributed by atoms with Gasteiger partial charge in [-0.15, -0.1) is 11.8 Å². The summed E-state index contributed by atoms with van der Waals surface area (Å²) in [7, 11) is 0. The van der Waals surface area contributed by atoms with Crippen molar-refractivity contribution in [2.75, 3.05) is 5.75 Å². The van der Waals surface area contributed by atoms with E-state index in [1.807, 2.05) is 37.3 Å². The number of aryl methyl sites for hydroxylation is 1. The maximum atomic E-state index is 14.7. The smallest absolute Gasteiger partial charge is 0.243 e. The van der Waals surface area contributed by atoms with Crippen molar-refractivity contribution in [3.8, 4) is 0 Å².